The van der Waals surface area contributed by atoms with E-state index < -0.39 is 0 Å². The van der Waals surface area contributed by atoms with Crippen LogP contribution in [0.5, 0.6) is 0 Å². The summed E-state index contributed by atoms with van der Waals surface area (Å²) < 4.78 is 0. The minimum atomic E-state index is 0.315. The predicted octanol–water partition coefficient (Wildman–Crippen LogP) is 3.61. The third-order valence-electron chi connectivity index (χ3n) is 3.05. The summed E-state index contributed by atoms with van der Waals surface area (Å²) in [6.45, 7) is 8.22. The fraction of sp³-hybridized carbons (Fsp3) is 0.571. The number of anilines is 1. The van der Waals surface area contributed by atoms with Crippen molar-refractivity contribution in [2.24, 2.45) is 0 Å². The van der Waals surface area contributed by atoms with Crippen molar-refractivity contribution >= 4 is 27.8 Å². The summed E-state index contributed by atoms with van der Waals surface area (Å²) >= 11 is 3.39. The maximum atomic E-state index is 4.72. The highest BCUT2D eigenvalue weighted by Gasteiger charge is 2.12. The van der Waals surface area contributed by atoms with Gasteiger partial charge in [-0.3, -0.25) is 0 Å². The van der Waals surface area contributed by atoms with Gasteiger partial charge < -0.3 is 10.2 Å². The predicted molar refractivity (Wildman–Crippen MR) is 87.8 cm³/mol. The minimum absolute atomic E-state index is 0.315. The highest BCUT2D eigenvalue weighted by Crippen LogP contribution is 2.24. The molecular formula is C14H22N4S2. The Balaban J connectivity index is 1.97. The van der Waals surface area contributed by atoms with E-state index in [1.165, 1.54) is 0 Å². The Hall–Kier alpha value is -0.980. The molecule has 0 radical (unpaired) electrons. The Kier molecular flexibility index (Phi) is 5.51. The van der Waals surface area contributed by atoms with Crippen molar-refractivity contribution in [2.45, 2.75) is 39.8 Å². The van der Waals surface area contributed by atoms with Gasteiger partial charge in [0.05, 0.1) is 22.9 Å². The number of aromatic nitrogens is 2. The standard InChI is InChI=1S/C14H22N4S2/c1-5-6-15-10(2)13-9-20-14(17-13)18(4)7-12-8-19-11(3)16-12/h8-10,15H,5-7H2,1-4H3. The molecule has 0 saturated heterocycles. The lowest BCUT2D eigenvalue weighted by Crippen LogP contribution is -2.20. The van der Waals surface area contributed by atoms with Gasteiger partial charge in [0.25, 0.3) is 0 Å². The summed E-state index contributed by atoms with van der Waals surface area (Å²) in [6.07, 6.45) is 1.14. The van der Waals surface area contributed by atoms with Crippen molar-refractivity contribution in [1.29, 1.82) is 0 Å². The van der Waals surface area contributed by atoms with E-state index in [4.69, 9.17) is 4.98 Å². The van der Waals surface area contributed by atoms with Crippen molar-refractivity contribution in [3.63, 3.8) is 0 Å². The highest BCUT2D eigenvalue weighted by atomic mass is 32.1. The lowest BCUT2D eigenvalue weighted by atomic mass is 10.2. The molecule has 20 heavy (non-hydrogen) atoms. The Morgan fingerprint density at radius 1 is 1.30 bits per heavy atom. The van der Waals surface area contributed by atoms with Crippen LogP contribution < -0.4 is 10.2 Å². The molecule has 0 aliphatic heterocycles. The first-order valence-corrected chi connectivity index (χ1v) is 8.67. The zero-order chi connectivity index (χ0) is 14.5. The number of hydrogen-bond acceptors (Lipinski definition) is 6. The summed E-state index contributed by atoms with van der Waals surface area (Å²) in [5.74, 6) is 0. The number of nitrogens with one attached hydrogen (secondary N) is 1. The molecule has 6 heteroatoms. The molecule has 0 saturated carbocycles. The van der Waals surface area contributed by atoms with Crippen LogP contribution in [0.2, 0.25) is 0 Å². The second-order valence-electron chi connectivity index (χ2n) is 4.94. The van der Waals surface area contributed by atoms with Crippen molar-refractivity contribution < 1.29 is 0 Å². The Bertz CT molecular complexity index is 535. The first kappa shape index (κ1) is 15.4. The summed E-state index contributed by atoms with van der Waals surface area (Å²) in [7, 11) is 2.07. The quantitative estimate of drug-likeness (QED) is 0.848. The second-order valence-corrected chi connectivity index (χ2v) is 6.84. The molecule has 0 bridgehead atoms. The van der Waals surface area contributed by atoms with E-state index in [-0.39, 0.29) is 0 Å². The van der Waals surface area contributed by atoms with Crippen LogP contribution in [-0.4, -0.2) is 23.6 Å². The van der Waals surface area contributed by atoms with Gasteiger partial charge in [-0.2, -0.15) is 0 Å². The number of nitrogens with zero attached hydrogens (tertiary/aromatic N) is 3. The summed E-state index contributed by atoms with van der Waals surface area (Å²) in [5, 5.41) is 9.90. The largest absolute Gasteiger partial charge is 0.345 e. The van der Waals surface area contributed by atoms with Gasteiger partial charge >= 0.3 is 0 Å². The van der Waals surface area contributed by atoms with Crippen LogP contribution in [-0.2, 0) is 6.54 Å². The van der Waals surface area contributed by atoms with Gasteiger partial charge in [0.2, 0.25) is 0 Å². The lowest BCUT2D eigenvalue weighted by molar-refractivity contribution is 0.560. The average molecular weight is 310 g/mol. The second kappa shape index (κ2) is 7.15. The highest BCUT2D eigenvalue weighted by molar-refractivity contribution is 7.13. The molecule has 2 rings (SSSR count). The summed E-state index contributed by atoms with van der Waals surface area (Å²) in [6, 6.07) is 0.315. The molecule has 0 aliphatic rings. The van der Waals surface area contributed by atoms with Gasteiger partial charge in [-0.15, -0.1) is 22.7 Å². The van der Waals surface area contributed by atoms with E-state index in [9.17, 15) is 0 Å². The molecule has 2 heterocycles. The van der Waals surface area contributed by atoms with Crippen LogP contribution >= 0.6 is 22.7 Å². The molecule has 1 N–H and O–H groups in total. The molecule has 2 aromatic heterocycles. The van der Waals surface area contributed by atoms with Crippen molar-refractivity contribution in [1.82, 2.24) is 15.3 Å². The number of thiazole rings is 2. The van der Waals surface area contributed by atoms with Gasteiger partial charge in [0.1, 0.15) is 0 Å². The van der Waals surface area contributed by atoms with E-state index in [2.05, 4.69) is 46.9 Å². The van der Waals surface area contributed by atoms with Gasteiger partial charge in [-0.25, -0.2) is 9.97 Å². The third kappa shape index (κ3) is 4.01. The van der Waals surface area contributed by atoms with Gasteiger partial charge in [0, 0.05) is 23.8 Å². The maximum absolute atomic E-state index is 4.72. The van der Waals surface area contributed by atoms with Gasteiger partial charge in [-0.05, 0) is 26.8 Å². The molecule has 1 atom stereocenters. The normalized spacial score (nSPS) is 12.6. The molecular weight excluding hydrogens is 288 g/mol. The molecule has 0 amide bonds. The van der Waals surface area contributed by atoms with Crippen LogP contribution in [0, 0.1) is 6.92 Å². The Morgan fingerprint density at radius 3 is 2.75 bits per heavy atom. The first-order chi connectivity index (χ1) is 9.60. The zero-order valence-corrected chi connectivity index (χ0v) is 14.1. The molecule has 0 fully saturated rings. The molecule has 0 aliphatic carbocycles. The van der Waals surface area contributed by atoms with E-state index in [1.54, 1.807) is 22.7 Å². The molecule has 110 valence electrons. The smallest absolute Gasteiger partial charge is 0.185 e. The number of aryl methyl sites for hydroxylation is 1. The van der Waals surface area contributed by atoms with Crippen LogP contribution in [0.3, 0.4) is 0 Å². The van der Waals surface area contributed by atoms with E-state index in [0.29, 0.717) is 6.04 Å². The van der Waals surface area contributed by atoms with Crippen LogP contribution in [0.1, 0.15) is 42.7 Å². The molecule has 4 nitrogen and oxygen atoms in total. The Morgan fingerprint density at radius 2 is 2.10 bits per heavy atom. The fourth-order valence-electron chi connectivity index (χ4n) is 1.91. The summed E-state index contributed by atoms with van der Waals surface area (Å²) in [4.78, 5) is 11.4. The topological polar surface area (TPSA) is 41.0 Å². The monoisotopic (exact) mass is 310 g/mol. The zero-order valence-electron chi connectivity index (χ0n) is 12.5. The van der Waals surface area contributed by atoms with E-state index in [0.717, 1.165) is 41.0 Å². The van der Waals surface area contributed by atoms with Crippen LogP contribution in [0.15, 0.2) is 10.8 Å². The summed E-state index contributed by atoms with van der Waals surface area (Å²) in [5.41, 5.74) is 2.24. The third-order valence-corrected chi connectivity index (χ3v) is 4.84. The number of hydrogen-bond donors (Lipinski definition) is 1. The maximum Gasteiger partial charge on any atom is 0.185 e. The molecule has 0 aromatic carbocycles. The number of rotatable bonds is 7. The van der Waals surface area contributed by atoms with Crippen molar-refractivity contribution in [3.05, 3.63) is 27.2 Å². The van der Waals surface area contributed by atoms with Gasteiger partial charge in [0.15, 0.2) is 5.13 Å². The average Bonchev–Trinajstić information content (AvgIpc) is 3.05. The van der Waals surface area contributed by atoms with Crippen molar-refractivity contribution in [2.75, 3.05) is 18.5 Å². The first-order valence-electron chi connectivity index (χ1n) is 6.91. The van der Waals surface area contributed by atoms with Crippen LogP contribution in [0.4, 0.5) is 5.13 Å². The molecule has 2 aromatic rings. The van der Waals surface area contributed by atoms with Crippen LogP contribution in [0.25, 0.3) is 0 Å². The lowest BCUT2D eigenvalue weighted by Gasteiger charge is -2.14. The Labute approximate surface area is 128 Å². The van der Waals surface area contributed by atoms with E-state index in [1.807, 2.05) is 6.92 Å². The van der Waals surface area contributed by atoms with E-state index >= 15 is 0 Å². The van der Waals surface area contributed by atoms with Crippen molar-refractivity contribution in [3.8, 4) is 0 Å². The SMILES string of the molecule is CCCNC(C)c1csc(N(C)Cc2csc(C)n2)n1. The fourth-order valence-corrected chi connectivity index (χ4v) is 3.40. The minimum Gasteiger partial charge on any atom is -0.345 e. The van der Waals surface area contributed by atoms with Gasteiger partial charge in [-0.1, -0.05) is 6.92 Å². The molecule has 0 spiro atoms. The molecule has 1 unspecified atom stereocenters.